The Morgan fingerprint density at radius 3 is 2.18 bits per heavy atom. The van der Waals surface area contributed by atoms with Crippen LogP contribution in [0.1, 0.15) is 18.3 Å². The molecular weight excluding hydrogens is 669 g/mol. The van der Waals surface area contributed by atoms with Crippen molar-refractivity contribution in [1.29, 1.82) is 0 Å². The third-order valence-electron chi connectivity index (χ3n) is 8.84. The smallest absolute Gasteiger partial charge is 0.350 e. The lowest BCUT2D eigenvalue weighted by Crippen LogP contribution is -2.46. The number of halogens is 2. The number of nitrogens with zero attached hydrogens (tertiary/aromatic N) is 7. The van der Waals surface area contributed by atoms with Gasteiger partial charge in [-0.05, 0) is 74.5 Å². The molecule has 0 saturated carbocycles. The van der Waals surface area contributed by atoms with E-state index >= 15 is 0 Å². The quantitative estimate of drug-likeness (QED) is 0.205. The van der Waals surface area contributed by atoms with E-state index in [1.165, 1.54) is 4.68 Å². The normalized spacial score (nSPS) is 19.2. The van der Waals surface area contributed by atoms with Gasteiger partial charge in [0, 0.05) is 67.1 Å². The van der Waals surface area contributed by atoms with Crippen LogP contribution in [0.2, 0.25) is 10.0 Å². The van der Waals surface area contributed by atoms with E-state index in [1.807, 2.05) is 54.9 Å². The second-order valence-electron chi connectivity index (χ2n) is 11.9. The number of ether oxygens (including phenoxy) is 3. The van der Waals surface area contributed by atoms with Crippen LogP contribution in [0.3, 0.4) is 0 Å². The van der Waals surface area contributed by atoms with Crippen molar-refractivity contribution in [1.82, 2.24) is 23.9 Å². The lowest BCUT2D eigenvalue weighted by molar-refractivity contribution is -0.189. The zero-order valence-corrected chi connectivity index (χ0v) is 28.8. The number of hydrogen-bond donors (Lipinski definition) is 0. The highest BCUT2D eigenvalue weighted by Gasteiger charge is 2.45. The average Bonchev–Trinajstić information content (AvgIpc) is 3.84. The van der Waals surface area contributed by atoms with Crippen LogP contribution in [-0.2, 0) is 28.4 Å². The van der Waals surface area contributed by atoms with Crippen molar-refractivity contribution in [3.63, 3.8) is 0 Å². The maximum absolute atomic E-state index is 12.7. The second kappa shape index (κ2) is 14.7. The fraction of sp³-hybridized carbons (Fsp3) is 0.343. The summed E-state index contributed by atoms with van der Waals surface area (Å²) in [6, 6.07) is 21.6. The van der Waals surface area contributed by atoms with E-state index in [0.29, 0.717) is 47.7 Å². The molecule has 5 aromatic rings. The molecule has 0 aliphatic carbocycles. The van der Waals surface area contributed by atoms with Crippen molar-refractivity contribution in [2.24, 2.45) is 0 Å². The minimum Gasteiger partial charge on any atom is -0.491 e. The van der Waals surface area contributed by atoms with Crippen molar-refractivity contribution >= 4 is 34.6 Å². The van der Waals surface area contributed by atoms with Gasteiger partial charge in [0.2, 0.25) is 5.79 Å². The average molecular weight is 709 g/mol. The van der Waals surface area contributed by atoms with E-state index in [-0.39, 0.29) is 17.3 Å². The van der Waals surface area contributed by atoms with Crippen molar-refractivity contribution in [3.05, 3.63) is 117 Å². The van der Waals surface area contributed by atoms with Gasteiger partial charge < -0.3 is 34.1 Å². The number of aromatic nitrogens is 5. The summed E-state index contributed by atoms with van der Waals surface area (Å²) in [7, 11) is 0. The molecule has 2 atom stereocenters. The number of benzene rings is 3. The van der Waals surface area contributed by atoms with Gasteiger partial charge in [-0.2, -0.15) is 5.10 Å². The molecule has 2 aromatic heterocycles. The standard InChI is InChI=1S/C35H37Cl2N7O4.H2O/c1-3-43-34(45)44(25(2)39-43)29-7-5-27(6-8-29)41-16-18-42(19-17-41)28-9-11-30(12-10-28)46-21-31-22-47-35(48-31,23-40-15-14-38-24-40)32-13-4-26(36)20-33(32)37;/h4-15,20,24,31H,3,16-19,21-23H2,1-2H3;1H2. The number of imidazole rings is 1. The van der Waals surface area contributed by atoms with Gasteiger partial charge in [-0.3, -0.25) is 0 Å². The molecule has 2 saturated heterocycles. The monoisotopic (exact) mass is 707 g/mol. The van der Waals surface area contributed by atoms with Crippen LogP contribution in [0.25, 0.3) is 5.69 Å². The minimum absolute atomic E-state index is 0. The van der Waals surface area contributed by atoms with Crippen LogP contribution in [0.15, 0.2) is 90.2 Å². The molecule has 2 unspecified atom stereocenters. The number of hydrogen-bond acceptors (Lipinski definition) is 8. The minimum atomic E-state index is -1.10. The van der Waals surface area contributed by atoms with Gasteiger partial charge in [-0.15, -0.1) is 0 Å². The Balaban J connectivity index is 0.00000417. The largest absolute Gasteiger partial charge is 0.491 e. The first-order valence-corrected chi connectivity index (χ1v) is 16.8. The predicted octanol–water partition coefficient (Wildman–Crippen LogP) is 4.71. The number of piperazine rings is 1. The highest BCUT2D eigenvalue weighted by atomic mass is 35.5. The molecule has 0 spiro atoms. The molecule has 7 rings (SSSR count). The maximum atomic E-state index is 12.7. The molecular formula is C35H39Cl2N7O5. The zero-order valence-electron chi connectivity index (χ0n) is 27.3. The molecule has 2 N–H and O–H groups in total. The number of rotatable bonds is 10. The third-order valence-corrected chi connectivity index (χ3v) is 9.39. The van der Waals surface area contributed by atoms with E-state index in [0.717, 1.165) is 49.0 Å². The fourth-order valence-electron chi connectivity index (χ4n) is 6.37. The van der Waals surface area contributed by atoms with Crippen molar-refractivity contribution in [2.75, 3.05) is 49.2 Å². The van der Waals surface area contributed by atoms with Gasteiger partial charge in [0.1, 0.15) is 24.3 Å². The predicted molar refractivity (Wildman–Crippen MR) is 189 cm³/mol. The van der Waals surface area contributed by atoms with Crippen LogP contribution in [-0.4, -0.2) is 74.9 Å². The van der Waals surface area contributed by atoms with E-state index < -0.39 is 5.79 Å². The summed E-state index contributed by atoms with van der Waals surface area (Å²) in [6.07, 6.45) is 4.99. The summed E-state index contributed by atoms with van der Waals surface area (Å²) in [5.74, 6) is 0.349. The highest BCUT2D eigenvalue weighted by molar-refractivity contribution is 6.35. The Hall–Kier alpha value is -4.33. The fourth-order valence-corrected chi connectivity index (χ4v) is 6.92. The molecule has 12 nitrogen and oxygen atoms in total. The third kappa shape index (κ3) is 7.19. The van der Waals surface area contributed by atoms with Gasteiger partial charge in [-0.1, -0.05) is 29.3 Å². The van der Waals surface area contributed by atoms with Crippen LogP contribution < -0.4 is 20.2 Å². The highest BCUT2D eigenvalue weighted by Crippen LogP contribution is 2.40. The SMILES string of the molecule is CCn1nc(C)n(-c2ccc(N3CCN(c4ccc(OCC5COC(Cn6ccnc6)(c6ccc(Cl)cc6Cl)O5)cc4)CC3)cc2)c1=O.O. The molecule has 3 aromatic carbocycles. The van der Waals surface area contributed by atoms with Gasteiger partial charge >= 0.3 is 5.69 Å². The summed E-state index contributed by atoms with van der Waals surface area (Å²) < 4.78 is 24.0. The molecule has 2 aliphatic rings. The van der Waals surface area contributed by atoms with E-state index in [9.17, 15) is 4.79 Å². The van der Waals surface area contributed by atoms with Crippen molar-refractivity contribution in [3.8, 4) is 11.4 Å². The molecule has 14 heteroatoms. The van der Waals surface area contributed by atoms with Crippen LogP contribution in [0.5, 0.6) is 5.75 Å². The van der Waals surface area contributed by atoms with Crippen molar-refractivity contribution < 1.29 is 19.7 Å². The molecule has 0 bridgehead atoms. The molecule has 49 heavy (non-hydrogen) atoms. The van der Waals surface area contributed by atoms with E-state index in [4.69, 9.17) is 37.4 Å². The molecule has 2 aliphatic heterocycles. The van der Waals surface area contributed by atoms with Crippen LogP contribution in [0.4, 0.5) is 11.4 Å². The molecule has 258 valence electrons. The first-order valence-electron chi connectivity index (χ1n) is 16.0. The van der Waals surface area contributed by atoms with Gasteiger partial charge in [-0.25, -0.2) is 19.0 Å². The Morgan fingerprint density at radius 1 is 0.939 bits per heavy atom. The first kappa shape index (κ1) is 34.5. The topological polar surface area (TPSA) is 123 Å². The Morgan fingerprint density at radius 2 is 1.59 bits per heavy atom. The van der Waals surface area contributed by atoms with E-state index in [1.54, 1.807) is 29.2 Å². The Labute approximate surface area is 294 Å². The lowest BCUT2D eigenvalue weighted by Gasteiger charge is -2.37. The van der Waals surface area contributed by atoms with Crippen LogP contribution in [0, 0.1) is 6.92 Å². The van der Waals surface area contributed by atoms with Crippen LogP contribution >= 0.6 is 23.2 Å². The summed E-state index contributed by atoms with van der Waals surface area (Å²) in [5, 5.41) is 5.36. The summed E-state index contributed by atoms with van der Waals surface area (Å²) in [4.78, 5) is 21.6. The molecule has 0 radical (unpaired) electrons. The van der Waals surface area contributed by atoms with E-state index in [2.05, 4.69) is 44.1 Å². The Kier molecular flexibility index (Phi) is 10.3. The molecule has 0 amide bonds. The lowest BCUT2D eigenvalue weighted by atomic mass is 10.1. The second-order valence-corrected chi connectivity index (χ2v) is 12.8. The summed E-state index contributed by atoms with van der Waals surface area (Å²) in [5.41, 5.74) is 3.71. The maximum Gasteiger partial charge on any atom is 0.350 e. The molecule has 4 heterocycles. The molecule has 2 fully saturated rings. The zero-order chi connectivity index (χ0) is 33.3. The van der Waals surface area contributed by atoms with Gasteiger partial charge in [0.15, 0.2) is 0 Å². The summed E-state index contributed by atoms with van der Waals surface area (Å²) in [6.45, 7) is 8.93. The number of aryl methyl sites for hydroxylation is 2. The summed E-state index contributed by atoms with van der Waals surface area (Å²) >= 11 is 12.8. The van der Waals surface area contributed by atoms with Gasteiger partial charge in [0.25, 0.3) is 0 Å². The number of anilines is 2. The van der Waals surface area contributed by atoms with Crippen molar-refractivity contribution in [2.45, 2.75) is 38.8 Å². The van der Waals surface area contributed by atoms with Gasteiger partial charge in [0.05, 0.1) is 30.2 Å². The Bertz CT molecular complexity index is 1910. The first-order chi connectivity index (χ1) is 23.3.